The van der Waals surface area contributed by atoms with Crippen LogP contribution in [0.3, 0.4) is 0 Å². The van der Waals surface area contributed by atoms with Crippen molar-refractivity contribution in [1.29, 1.82) is 0 Å². The highest BCUT2D eigenvalue weighted by molar-refractivity contribution is 5.59. The minimum atomic E-state index is -0.703. The Morgan fingerprint density at radius 2 is 2.09 bits per heavy atom. The summed E-state index contributed by atoms with van der Waals surface area (Å²) in [5, 5.41) is 0. The molecule has 0 heterocycles. The van der Waals surface area contributed by atoms with E-state index >= 15 is 0 Å². The Kier molecular flexibility index (Phi) is 5.56. The minimum absolute atomic E-state index is 0.479. The minimum Gasteiger partial charge on any atom is -0.438 e. The molecule has 0 N–H and O–H groups in total. The molecule has 0 aromatic rings. The fourth-order valence-electron chi connectivity index (χ4n) is 0.577. The quantitative estimate of drug-likeness (QED) is 0.464. The fourth-order valence-corrected chi connectivity index (χ4v) is 0.577. The average Bonchev–Trinajstić information content (AvgIpc) is 2.03. The average molecular weight is 162 g/mol. The molecule has 0 spiro atoms. The van der Waals surface area contributed by atoms with Gasteiger partial charge in [0.25, 0.3) is 0 Å². The zero-order chi connectivity index (χ0) is 8.69. The third kappa shape index (κ3) is 4.61. The lowest BCUT2D eigenvalue weighted by Gasteiger charge is -2.13. The van der Waals surface area contributed by atoms with Crippen LogP contribution in [0.4, 0.5) is 4.79 Å². The summed E-state index contributed by atoms with van der Waals surface area (Å²) in [5.41, 5.74) is 0. The van der Waals surface area contributed by atoms with E-state index in [1.807, 2.05) is 13.8 Å². The molecule has 0 aromatic carbocycles. The molecule has 0 saturated carbocycles. The van der Waals surface area contributed by atoms with E-state index in [0.29, 0.717) is 13.0 Å². The van der Waals surface area contributed by atoms with Crippen molar-refractivity contribution in [3.8, 4) is 0 Å². The molecule has 1 unspecified atom stereocenters. The van der Waals surface area contributed by atoms with Crippen LogP contribution in [0.2, 0.25) is 0 Å². The van der Waals surface area contributed by atoms with Crippen molar-refractivity contribution in [2.45, 2.75) is 26.6 Å². The number of hydrogen-bond donors (Lipinski definition) is 0. The van der Waals surface area contributed by atoms with Crippen LogP contribution in [0.1, 0.15) is 20.3 Å². The summed E-state index contributed by atoms with van der Waals surface area (Å²) in [6.45, 7) is 4.22. The molecule has 0 aliphatic rings. The SMILES string of the molecule is CCOC(CC)OC(=O)OC. The predicted octanol–water partition coefficient (Wildman–Crippen LogP) is 1.54. The van der Waals surface area contributed by atoms with Crippen LogP contribution in [0.5, 0.6) is 0 Å². The van der Waals surface area contributed by atoms with Gasteiger partial charge in [0.2, 0.25) is 6.29 Å². The molecule has 0 amide bonds. The second kappa shape index (κ2) is 5.97. The van der Waals surface area contributed by atoms with Crippen molar-refractivity contribution in [1.82, 2.24) is 0 Å². The maximum absolute atomic E-state index is 10.5. The number of hydrogen-bond acceptors (Lipinski definition) is 4. The normalized spacial score (nSPS) is 12.3. The number of carbonyl (C=O) groups is 1. The van der Waals surface area contributed by atoms with Crippen LogP contribution < -0.4 is 0 Å². The van der Waals surface area contributed by atoms with Gasteiger partial charge in [-0.05, 0) is 6.92 Å². The number of carbonyl (C=O) groups excluding carboxylic acids is 1. The van der Waals surface area contributed by atoms with Gasteiger partial charge in [-0.1, -0.05) is 6.92 Å². The maximum atomic E-state index is 10.5. The zero-order valence-electron chi connectivity index (χ0n) is 7.12. The lowest BCUT2D eigenvalue weighted by Crippen LogP contribution is -2.20. The summed E-state index contributed by atoms with van der Waals surface area (Å²) < 4.78 is 14.0. The second-order valence-electron chi connectivity index (χ2n) is 1.87. The van der Waals surface area contributed by atoms with E-state index in [1.165, 1.54) is 7.11 Å². The Hall–Kier alpha value is -0.770. The maximum Gasteiger partial charge on any atom is 0.510 e. The zero-order valence-corrected chi connectivity index (χ0v) is 7.12. The van der Waals surface area contributed by atoms with Gasteiger partial charge in [-0.2, -0.15) is 0 Å². The van der Waals surface area contributed by atoms with E-state index in [1.54, 1.807) is 0 Å². The Bertz CT molecular complexity index is 113. The first-order valence-electron chi connectivity index (χ1n) is 3.60. The summed E-state index contributed by atoms with van der Waals surface area (Å²) >= 11 is 0. The van der Waals surface area contributed by atoms with Gasteiger partial charge in [0.1, 0.15) is 0 Å². The summed E-state index contributed by atoms with van der Waals surface area (Å²) in [6, 6.07) is 0. The first-order valence-corrected chi connectivity index (χ1v) is 3.60. The molecule has 11 heavy (non-hydrogen) atoms. The standard InChI is InChI=1S/C7H14O4/c1-4-6(10-5-2)11-7(8)9-3/h6H,4-5H2,1-3H3. The van der Waals surface area contributed by atoms with E-state index in [-0.39, 0.29) is 0 Å². The van der Waals surface area contributed by atoms with Gasteiger partial charge in [-0.3, -0.25) is 0 Å². The van der Waals surface area contributed by atoms with Crippen molar-refractivity contribution in [2.75, 3.05) is 13.7 Å². The van der Waals surface area contributed by atoms with Gasteiger partial charge in [0.05, 0.1) is 7.11 Å². The molecule has 4 nitrogen and oxygen atoms in total. The van der Waals surface area contributed by atoms with Gasteiger partial charge >= 0.3 is 6.16 Å². The largest absolute Gasteiger partial charge is 0.510 e. The van der Waals surface area contributed by atoms with Gasteiger partial charge in [0, 0.05) is 13.0 Å². The molecular weight excluding hydrogens is 148 g/mol. The summed E-state index contributed by atoms with van der Waals surface area (Å²) in [4.78, 5) is 10.5. The van der Waals surface area contributed by atoms with Crippen molar-refractivity contribution in [3.05, 3.63) is 0 Å². The van der Waals surface area contributed by atoms with E-state index in [4.69, 9.17) is 9.47 Å². The molecule has 0 saturated heterocycles. The van der Waals surface area contributed by atoms with Crippen molar-refractivity contribution >= 4 is 6.16 Å². The number of ether oxygens (including phenoxy) is 3. The summed E-state index contributed by atoms with van der Waals surface area (Å²) in [5.74, 6) is 0. The molecule has 0 fully saturated rings. The van der Waals surface area contributed by atoms with Gasteiger partial charge in [-0.15, -0.1) is 0 Å². The van der Waals surface area contributed by atoms with E-state index in [9.17, 15) is 4.79 Å². The molecular formula is C7H14O4. The highest BCUT2D eigenvalue weighted by atomic mass is 16.8. The van der Waals surface area contributed by atoms with Crippen molar-refractivity contribution in [3.63, 3.8) is 0 Å². The first kappa shape index (κ1) is 10.2. The van der Waals surface area contributed by atoms with Crippen LogP contribution in [-0.4, -0.2) is 26.2 Å². The Labute approximate surface area is 66.4 Å². The summed E-state index contributed by atoms with van der Waals surface area (Å²) in [7, 11) is 1.26. The third-order valence-electron chi connectivity index (χ3n) is 1.08. The monoisotopic (exact) mass is 162 g/mol. The Morgan fingerprint density at radius 1 is 1.45 bits per heavy atom. The Balaban J connectivity index is 3.58. The number of methoxy groups -OCH3 is 1. The second-order valence-corrected chi connectivity index (χ2v) is 1.87. The molecule has 0 bridgehead atoms. The molecule has 1 atom stereocenters. The molecule has 66 valence electrons. The first-order chi connectivity index (χ1) is 5.24. The van der Waals surface area contributed by atoms with Crippen LogP contribution in [0, 0.1) is 0 Å². The smallest absolute Gasteiger partial charge is 0.438 e. The van der Waals surface area contributed by atoms with Crippen LogP contribution >= 0.6 is 0 Å². The van der Waals surface area contributed by atoms with Crippen molar-refractivity contribution in [2.24, 2.45) is 0 Å². The van der Waals surface area contributed by atoms with Crippen LogP contribution in [0.15, 0.2) is 0 Å². The number of rotatable bonds is 4. The van der Waals surface area contributed by atoms with E-state index < -0.39 is 12.4 Å². The third-order valence-corrected chi connectivity index (χ3v) is 1.08. The highest BCUT2D eigenvalue weighted by Crippen LogP contribution is 2.00. The van der Waals surface area contributed by atoms with Gasteiger partial charge in [-0.25, -0.2) is 4.79 Å². The van der Waals surface area contributed by atoms with Crippen LogP contribution in [-0.2, 0) is 14.2 Å². The molecule has 4 heteroatoms. The fraction of sp³-hybridized carbons (Fsp3) is 0.857. The lowest BCUT2D eigenvalue weighted by atomic mass is 10.5. The van der Waals surface area contributed by atoms with Gasteiger partial charge < -0.3 is 14.2 Å². The molecule has 0 aromatic heterocycles. The predicted molar refractivity (Wildman–Crippen MR) is 39.2 cm³/mol. The van der Waals surface area contributed by atoms with E-state index in [0.717, 1.165) is 0 Å². The molecule has 0 aliphatic carbocycles. The van der Waals surface area contributed by atoms with Crippen LogP contribution in [0.25, 0.3) is 0 Å². The Morgan fingerprint density at radius 3 is 2.45 bits per heavy atom. The molecule has 0 radical (unpaired) electrons. The highest BCUT2D eigenvalue weighted by Gasteiger charge is 2.11. The van der Waals surface area contributed by atoms with Gasteiger partial charge in [0.15, 0.2) is 0 Å². The van der Waals surface area contributed by atoms with Crippen molar-refractivity contribution < 1.29 is 19.0 Å². The molecule has 0 rings (SSSR count). The van der Waals surface area contributed by atoms with E-state index in [2.05, 4.69) is 4.74 Å². The summed E-state index contributed by atoms with van der Waals surface area (Å²) in [6.07, 6.45) is -0.555. The molecule has 0 aliphatic heterocycles. The topological polar surface area (TPSA) is 44.8 Å². The lowest BCUT2D eigenvalue weighted by molar-refractivity contribution is -0.117.